The molecule has 160 valence electrons. The standard InChI is InChI=1S/C21H20FN5S.CH2O2/c1-11-7-19-20(12(2)24-11)28-21(25-19)14-8-16(22)15-10-17(26-27-18(15)9-14)13-3-5-23-6-4-13;2-1-3/h7-10,13,23H,3-6H2,1-2H3;1H,(H,2,3). The Morgan fingerprint density at radius 1 is 1.10 bits per heavy atom. The van der Waals surface area contributed by atoms with E-state index in [4.69, 9.17) is 14.9 Å². The number of thiazole rings is 1. The zero-order valence-electron chi connectivity index (χ0n) is 17.2. The van der Waals surface area contributed by atoms with Crippen LogP contribution in [-0.4, -0.2) is 44.8 Å². The number of halogens is 1. The van der Waals surface area contributed by atoms with Crippen LogP contribution in [0.3, 0.4) is 0 Å². The molecule has 0 bridgehead atoms. The molecule has 31 heavy (non-hydrogen) atoms. The van der Waals surface area contributed by atoms with Crippen molar-refractivity contribution in [1.29, 1.82) is 0 Å². The molecule has 1 aliphatic heterocycles. The topological polar surface area (TPSA) is 101 Å². The van der Waals surface area contributed by atoms with Gasteiger partial charge in [-0.15, -0.1) is 11.3 Å². The number of carboxylic acid groups (broad SMARTS) is 1. The molecule has 3 aromatic heterocycles. The van der Waals surface area contributed by atoms with Gasteiger partial charge in [-0.25, -0.2) is 9.37 Å². The Morgan fingerprint density at radius 2 is 1.84 bits per heavy atom. The first kappa shape index (κ1) is 21.2. The molecule has 7 nitrogen and oxygen atoms in total. The molecular weight excluding hydrogens is 417 g/mol. The number of hydrogen-bond acceptors (Lipinski definition) is 7. The van der Waals surface area contributed by atoms with Gasteiger partial charge in [-0.2, -0.15) is 10.2 Å². The molecule has 0 unspecified atom stereocenters. The second-order valence-electron chi connectivity index (χ2n) is 7.51. The molecule has 9 heteroatoms. The summed E-state index contributed by atoms with van der Waals surface area (Å²) in [5, 5.41) is 20.3. The van der Waals surface area contributed by atoms with Gasteiger partial charge >= 0.3 is 0 Å². The van der Waals surface area contributed by atoms with E-state index in [0.29, 0.717) is 16.8 Å². The summed E-state index contributed by atoms with van der Waals surface area (Å²) in [6, 6.07) is 7.27. The number of hydrogen-bond donors (Lipinski definition) is 2. The van der Waals surface area contributed by atoms with Crippen molar-refractivity contribution in [1.82, 2.24) is 25.5 Å². The maximum atomic E-state index is 15.0. The number of rotatable bonds is 2. The van der Waals surface area contributed by atoms with Crippen molar-refractivity contribution in [3.05, 3.63) is 47.2 Å². The molecule has 4 aromatic rings. The number of nitrogens with zero attached hydrogens (tertiary/aromatic N) is 4. The van der Waals surface area contributed by atoms with Gasteiger partial charge in [0.1, 0.15) is 10.8 Å². The minimum Gasteiger partial charge on any atom is -0.483 e. The Bertz CT molecular complexity index is 1250. The van der Waals surface area contributed by atoms with E-state index >= 15 is 0 Å². The molecule has 0 radical (unpaired) electrons. The van der Waals surface area contributed by atoms with Crippen molar-refractivity contribution >= 4 is 38.9 Å². The third-order valence-corrected chi connectivity index (χ3v) is 6.58. The summed E-state index contributed by atoms with van der Waals surface area (Å²) in [6.45, 7) is 5.62. The maximum Gasteiger partial charge on any atom is 0.290 e. The third kappa shape index (κ3) is 4.38. The van der Waals surface area contributed by atoms with E-state index in [-0.39, 0.29) is 12.3 Å². The zero-order chi connectivity index (χ0) is 22.0. The van der Waals surface area contributed by atoms with Gasteiger partial charge in [-0.1, -0.05) is 0 Å². The van der Waals surface area contributed by atoms with Crippen LogP contribution in [-0.2, 0) is 4.79 Å². The fraction of sp³-hybridized carbons (Fsp3) is 0.318. The van der Waals surface area contributed by atoms with Crippen LogP contribution in [0.15, 0.2) is 24.3 Å². The van der Waals surface area contributed by atoms with E-state index in [1.165, 1.54) is 11.3 Å². The highest BCUT2D eigenvalue weighted by molar-refractivity contribution is 7.21. The quantitative estimate of drug-likeness (QED) is 0.451. The number of carbonyl (C=O) groups is 1. The van der Waals surface area contributed by atoms with Gasteiger partial charge in [-0.05, 0) is 64.0 Å². The number of benzene rings is 1. The van der Waals surface area contributed by atoms with Crippen molar-refractivity contribution in [2.24, 2.45) is 0 Å². The van der Waals surface area contributed by atoms with Gasteiger partial charge in [-0.3, -0.25) is 9.78 Å². The highest BCUT2D eigenvalue weighted by atomic mass is 32.1. The van der Waals surface area contributed by atoms with E-state index in [9.17, 15) is 4.39 Å². The SMILES string of the molecule is Cc1cc2nc(-c3cc(F)c4cc(C5CCNCC5)nnc4c3)sc2c(C)n1.O=CO. The van der Waals surface area contributed by atoms with Crippen molar-refractivity contribution < 1.29 is 14.3 Å². The molecule has 5 rings (SSSR count). The van der Waals surface area contributed by atoms with Crippen LogP contribution in [0.5, 0.6) is 0 Å². The molecule has 0 spiro atoms. The highest BCUT2D eigenvalue weighted by Gasteiger charge is 2.19. The number of nitrogens with one attached hydrogen (secondary N) is 1. The van der Waals surface area contributed by atoms with Crippen LogP contribution in [0.2, 0.25) is 0 Å². The first-order valence-electron chi connectivity index (χ1n) is 10.0. The normalized spacial score (nSPS) is 14.4. The Morgan fingerprint density at radius 3 is 2.58 bits per heavy atom. The van der Waals surface area contributed by atoms with Gasteiger partial charge in [0.25, 0.3) is 6.47 Å². The lowest BCUT2D eigenvalue weighted by Crippen LogP contribution is -2.27. The lowest BCUT2D eigenvalue weighted by Gasteiger charge is -2.21. The molecule has 1 aromatic carbocycles. The fourth-order valence-corrected chi connectivity index (χ4v) is 4.89. The van der Waals surface area contributed by atoms with E-state index in [2.05, 4.69) is 20.5 Å². The molecular formula is C22H22FN5O2S. The predicted molar refractivity (Wildman–Crippen MR) is 119 cm³/mol. The van der Waals surface area contributed by atoms with Crippen LogP contribution in [0.1, 0.15) is 35.8 Å². The maximum absolute atomic E-state index is 15.0. The summed E-state index contributed by atoms with van der Waals surface area (Å²) in [6.07, 6.45) is 2.02. The van der Waals surface area contributed by atoms with Crippen molar-refractivity contribution in [2.45, 2.75) is 32.6 Å². The second kappa shape index (κ2) is 8.99. The summed E-state index contributed by atoms with van der Waals surface area (Å²) in [5.74, 6) is 0.0723. The van der Waals surface area contributed by atoms with E-state index in [1.807, 2.05) is 32.0 Å². The first-order valence-corrected chi connectivity index (χ1v) is 10.8. The summed E-state index contributed by atoms with van der Waals surface area (Å²) < 4.78 is 16.0. The zero-order valence-corrected chi connectivity index (χ0v) is 18.0. The van der Waals surface area contributed by atoms with Gasteiger partial charge in [0.15, 0.2) is 0 Å². The van der Waals surface area contributed by atoms with E-state index in [0.717, 1.165) is 63.8 Å². The van der Waals surface area contributed by atoms with Crippen LogP contribution >= 0.6 is 11.3 Å². The third-order valence-electron chi connectivity index (χ3n) is 5.35. The lowest BCUT2D eigenvalue weighted by molar-refractivity contribution is -0.122. The Hall–Kier alpha value is -3.04. The average Bonchev–Trinajstić information content (AvgIpc) is 3.19. The predicted octanol–water partition coefficient (Wildman–Crippen LogP) is 4.23. The summed E-state index contributed by atoms with van der Waals surface area (Å²) in [7, 11) is 0. The van der Waals surface area contributed by atoms with Gasteiger partial charge in [0.2, 0.25) is 0 Å². The van der Waals surface area contributed by atoms with Crippen molar-refractivity contribution in [3.8, 4) is 10.6 Å². The number of pyridine rings is 1. The average molecular weight is 440 g/mol. The monoisotopic (exact) mass is 439 g/mol. The van der Waals surface area contributed by atoms with Crippen molar-refractivity contribution in [3.63, 3.8) is 0 Å². The number of aromatic nitrogens is 4. The molecule has 4 heterocycles. The summed E-state index contributed by atoms with van der Waals surface area (Å²) in [4.78, 5) is 17.6. The van der Waals surface area contributed by atoms with Gasteiger partial charge < -0.3 is 10.4 Å². The molecule has 0 aliphatic carbocycles. The van der Waals surface area contributed by atoms with Crippen LogP contribution in [0.4, 0.5) is 4.39 Å². The fourth-order valence-electron chi connectivity index (χ4n) is 3.92. The number of fused-ring (bicyclic) bond motifs is 2. The molecule has 2 N–H and O–H groups in total. The largest absolute Gasteiger partial charge is 0.483 e. The highest BCUT2D eigenvalue weighted by Crippen LogP contribution is 2.34. The Labute approximate surface area is 182 Å². The van der Waals surface area contributed by atoms with E-state index < -0.39 is 0 Å². The van der Waals surface area contributed by atoms with Crippen LogP contribution < -0.4 is 5.32 Å². The smallest absolute Gasteiger partial charge is 0.290 e. The molecule has 1 saturated heterocycles. The second-order valence-corrected chi connectivity index (χ2v) is 8.51. The van der Waals surface area contributed by atoms with Gasteiger partial charge in [0, 0.05) is 22.6 Å². The molecule has 0 amide bonds. The van der Waals surface area contributed by atoms with Crippen LogP contribution in [0, 0.1) is 19.7 Å². The van der Waals surface area contributed by atoms with Gasteiger partial charge in [0.05, 0.1) is 27.1 Å². The minimum atomic E-state index is -0.275. The number of piperidine rings is 1. The first-order chi connectivity index (χ1) is 15.0. The molecule has 0 saturated carbocycles. The van der Waals surface area contributed by atoms with Crippen molar-refractivity contribution in [2.75, 3.05) is 13.1 Å². The Kier molecular flexibility index (Phi) is 6.15. The lowest BCUT2D eigenvalue weighted by atomic mass is 9.93. The molecule has 1 aliphatic rings. The summed E-state index contributed by atoms with van der Waals surface area (Å²) >= 11 is 1.53. The molecule has 1 fully saturated rings. The summed E-state index contributed by atoms with van der Waals surface area (Å²) in [5.41, 5.74) is 4.97. The minimum absolute atomic E-state index is 0.250. The van der Waals surface area contributed by atoms with E-state index in [1.54, 1.807) is 6.07 Å². The number of aryl methyl sites for hydroxylation is 2. The Balaban J connectivity index is 0.000000730. The van der Waals surface area contributed by atoms with Crippen LogP contribution in [0.25, 0.3) is 31.7 Å². The molecule has 0 atom stereocenters.